The van der Waals surface area contributed by atoms with Gasteiger partial charge in [-0.15, -0.1) is 12.4 Å². The van der Waals surface area contributed by atoms with Gasteiger partial charge < -0.3 is 10.6 Å². The van der Waals surface area contributed by atoms with Gasteiger partial charge in [-0.2, -0.15) is 5.10 Å². The van der Waals surface area contributed by atoms with Gasteiger partial charge in [-0.25, -0.2) is 0 Å². The van der Waals surface area contributed by atoms with Crippen LogP contribution in [0.4, 0.5) is 0 Å². The monoisotopic (exact) mass is 341 g/mol. The Labute approximate surface area is 144 Å². The van der Waals surface area contributed by atoms with Crippen LogP contribution in [0.25, 0.3) is 0 Å². The van der Waals surface area contributed by atoms with E-state index in [0.29, 0.717) is 18.3 Å². The summed E-state index contributed by atoms with van der Waals surface area (Å²) < 4.78 is 1.93. The van der Waals surface area contributed by atoms with Crippen molar-refractivity contribution in [1.82, 2.24) is 25.3 Å². The Hall–Kier alpha value is -1.11. The van der Waals surface area contributed by atoms with E-state index in [4.69, 9.17) is 0 Å². The lowest BCUT2D eigenvalue weighted by Crippen LogP contribution is -2.36. The maximum atomic E-state index is 12.2. The topological polar surface area (TPSA) is 62.2 Å². The zero-order chi connectivity index (χ0) is 15.4. The smallest absolute Gasteiger partial charge is 0.271 e. The highest BCUT2D eigenvalue weighted by molar-refractivity contribution is 5.92. The van der Waals surface area contributed by atoms with E-state index in [1.807, 2.05) is 16.9 Å². The average molecular weight is 342 g/mol. The summed E-state index contributed by atoms with van der Waals surface area (Å²) in [6.07, 6.45) is 6.83. The Morgan fingerprint density at radius 3 is 2.96 bits per heavy atom. The van der Waals surface area contributed by atoms with E-state index in [0.717, 1.165) is 38.6 Å². The number of hydrogen-bond donors (Lipinski definition) is 2. The largest absolute Gasteiger partial charge is 0.349 e. The summed E-state index contributed by atoms with van der Waals surface area (Å²) in [5.41, 5.74) is 0.528. The summed E-state index contributed by atoms with van der Waals surface area (Å²) in [7, 11) is 0. The molecule has 1 unspecified atom stereocenters. The first-order valence-electron chi connectivity index (χ1n) is 8.56. The summed E-state index contributed by atoms with van der Waals surface area (Å²) in [4.78, 5) is 14.6. The molecule has 1 aromatic heterocycles. The molecule has 2 heterocycles. The highest BCUT2D eigenvalue weighted by atomic mass is 35.5. The molecular weight excluding hydrogens is 314 g/mol. The highest BCUT2D eigenvalue weighted by Crippen LogP contribution is 2.25. The van der Waals surface area contributed by atoms with Crippen molar-refractivity contribution >= 4 is 18.3 Å². The minimum atomic E-state index is -0.0608. The molecule has 1 amide bonds. The van der Waals surface area contributed by atoms with Crippen LogP contribution in [0, 0.1) is 0 Å². The molecule has 1 saturated heterocycles. The van der Waals surface area contributed by atoms with Gasteiger partial charge in [0.25, 0.3) is 5.91 Å². The number of amides is 1. The third-order valence-electron chi connectivity index (χ3n) is 4.64. The van der Waals surface area contributed by atoms with Gasteiger partial charge in [0.15, 0.2) is 0 Å². The predicted molar refractivity (Wildman–Crippen MR) is 93.2 cm³/mol. The van der Waals surface area contributed by atoms with E-state index in [9.17, 15) is 4.79 Å². The number of carbonyl (C=O) groups excluding carboxylic acids is 1. The van der Waals surface area contributed by atoms with Gasteiger partial charge in [-0.1, -0.05) is 6.92 Å². The quantitative estimate of drug-likeness (QED) is 0.788. The number of carbonyl (C=O) groups is 1. The maximum Gasteiger partial charge on any atom is 0.271 e. The summed E-state index contributed by atoms with van der Waals surface area (Å²) in [5.74, 6) is -0.0608. The summed E-state index contributed by atoms with van der Waals surface area (Å²) in [6, 6.07) is 2.95. The third kappa shape index (κ3) is 4.93. The zero-order valence-corrected chi connectivity index (χ0v) is 14.6. The maximum absolute atomic E-state index is 12.2. The minimum absolute atomic E-state index is 0. The first kappa shape index (κ1) is 18.2. The summed E-state index contributed by atoms with van der Waals surface area (Å²) >= 11 is 0. The van der Waals surface area contributed by atoms with Crippen molar-refractivity contribution in [3.8, 4) is 0 Å². The normalized spacial score (nSPS) is 21.0. The lowest BCUT2D eigenvalue weighted by molar-refractivity contribution is 0.0941. The van der Waals surface area contributed by atoms with E-state index >= 15 is 0 Å². The van der Waals surface area contributed by atoms with Crippen molar-refractivity contribution < 1.29 is 4.79 Å². The lowest BCUT2D eigenvalue weighted by atomic mass is 10.1. The van der Waals surface area contributed by atoms with Crippen LogP contribution in [0.1, 0.15) is 49.1 Å². The Balaban J connectivity index is 0.00000192. The van der Waals surface area contributed by atoms with E-state index < -0.39 is 0 Å². The lowest BCUT2D eigenvalue weighted by Gasteiger charge is -2.22. The molecule has 6 nitrogen and oxygen atoms in total. The fraction of sp³-hybridized carbons (Fsp3) is 0.750. The zero-order valence-electron chi connectivity index (χ0n) is 13.8. The first-order valence-corrected chi connectivity index (χ1v) is 8.56. The Kier molecular flexibility index (Phi) is 6.87. The van der Waals surface area contributed by atoms with E-state index in [-0.39, 0.29) is 18.3 Å². The van der Waals surface area contributed by atoms with Crippen LogP contribution >= 0.6 is 12.4 Å². The van der Waals surface area contributed by atoms with Gasteiger partial charge in [0.1, 0.15) is 5.69 Å². The standard InChI is InChI=1S/C16H27N5O.ClH/c1-2-20(13-5-6-13)11-9-18-16(22)15-7-10-21(19-15)14-4-3-8-17-12-14;/h7,10,13-14,17H,2-6,8-9,11-12H2,1H3,(H,18,22);1H. The number of aromatic nitrogens is 2. The second-order valence-corrected chi connectivity index (χ2v) is 6.30. The Morgan fingerprint density at radius 2 is 2.30 bits per heavy atom. The van der Waals surface area contributed by atoms with Crippen LogP contribution in [0.2, 0.25) is 0 Å². The van der Waals surface area contributed by atoms with Crippen LogP contribution in [0.3, 0.4) is 0 Å². The molecule has 2 aliphatic rings. The molecule has 7 heteroatoms. The molecule has 0 bridgehead atoms. The van der Waals surface area contributed by atoms with Crippen LogP contribution < -0.4 is 10.6 Å². The van der Waals surface area contributed by atoms with Crippen molar-refractivity contribution in [1.29, 1.82) is 0 Å². The number of halogens is 1. The molecule has 1 atom stereocenters. The molecule has 0 radical (unpaired) electrons. The summed E-state index contributed by atoms with van der Waals surface area (Å²) in [5, 5.41) is 10.8. The first-order chi connectivity index (χ1) is 10.8. The van der Waals surface area contributed by atoms with Crippen LogP contribution in [-0.2, 0) is 0 Å². The van der Waals surface area contributed by atoms with Gasteiger partial charge in [0, 0.05) is 31.9 Å². The molecule has 0 aromatic carbocycles. The fourth-order valence-corrected chi connectivity index (χ4v) is 3.16. The van der Waals surface area contributed by atoms with Crippen molar-refractivity contribution in [3.63, 3.8) is 0 Å². The van der Waals surface area contributed by atoms with Crippen LogP contribution in [-0.4, -0.2) is 59.4 Å². The van der Waals surface area contributed by atoms with Gasteiger partial charge in [-0.3, -0.25) is 14.4 Å². The highest BCUT2D eigenvalue weighted by Gasteiger charge is 2.27. The number of piperidine rings is 1. The number of hydrogen-bond acceptors (Lipinski definition) is 4. The fourth-order valence-electron chi connectivity index (χ4n) is 3.16. The van der Waals surface area contributed by atoms with Gasteiger partial charge in [0.05, 0.1) is 6.04 Å². The molecule has 1 saturated carbocycles. The molecule has 1 aromatic rings. The molecule has 1 aliphatic heterocycles. The van der Waals surface area contributed by atoms with E-state index in [1.165, 1.54) is 19.3 Å². The van der Waals surface area contributed by atoms with Crippen molar-refractivity contribution in [3.05, 3.63) is 18.0 Å². The van der Waals surface area contributed by atoms with Crippen molar-refractivity contribution in [2.24, 2.45) is 0 Å². The molecular formula is C16H28ClN5O. The summed E-state index contributed by atoms with van der Waals surface area (Å²) in [6.45, 7) is 6.89. The van der Waals surface area contributed by atoms with Crippen LogP contribution in [0.5, 0.6) is 0 Å². The number of rotatable bonds is 7. The molecule has 3 rings (SSSR count). The van der Waals surface area contributed by atoms with Gasteiger partial charge in [-0.05, 0) is 44.8 Å². The average Bonchev–Trinajstić information content (AvgIpc) is 3.27. The van der Waals surface area contributed by atoms with Gasteiger partial charge >= 0.3 is 0 Å². The number of nitrogens with zero attached hydrogens (tertiary/aromatic N) is 3. The van der Waals surface area contributed by atoms with Gasteiger partial charge in [0.2, 0.25) is 0 Å². The van der Waals surface area contributed by atoms with Crippen molar-refractivity contribution in [2.45, 2.75) is 44.7 Å². The second-order valence-electron chi connectivity index (χ2n) is 6.30. The third-order valence-corrected chi connectivity index (χ3v) is 4.64. The molecule has 1 aliphatic carbocycles. The number of nitrogens with one attached hydrogen (secondary N) is 2. The predicted octanol–water partition coefficient (Wildman–Crippen LogP) is 1.44. The molecule has 0 spiro atoms. The van der Waals surface area contributed by atoms with E-state index in [1.54, 1.807) is 0 Å². The molecule has 130 valence electrons. The SMILES string of the molecule is CCN(CCNC(=O)c1ccn(C2CCCNC2)n1)C1CC1.Cl. The molecule has 23 heavy (non-hydrogen) atoms. The van der Waals surface area contributed by atoms with Crippen LogP contribution in [0.15, 0.2) is 12.3 Å². The Bertz CT molecular complexity index is 496. The molecule has 2 N–H and O–H groups in total. The molecule has 2 fully saturated rings. The Morgan fingerprint density at radius 1 is 1.48 bits per heavy atom. The van der Waals surface area contributed by atoms with E-state index in [2.05, 4.69) is 27.6 Å². The van der Waals surface area contributed by atoms with Crippen molar-refractivity contribution in [2.75, 3.05) is 32.7 Å². The number of likely N-dealkylation sites (N-methyl/N-ethyl adjacent to an activating group) is 1. The minimum Gasteiger partial charge on any atom is -0.349 e. The second kappa shape index (κ2) is 8.66.